The quantitative estimate of drug-likeness (QED) is 0.589. The lowest BCUT2D eigenvalue weighted by molar-refractivity contribution is 0.237. The highest BCUT2D eigenvalue weighted by Gasteiger charge is 2.12. The van der Waals surface area contributed by atoms with Crippen LogP contribution in [-0.2, 0) is 9.30 Å². The minimum Gasteiger partial charge on any atom is -0.375 e. The van der Waals surface area contributed by atoms with Crippen LogP contribution < -0.4 is 0 Å². The SMILES string of the molecule is CCP(=O)(O)COC. The Hall–Kier alpha value is 0.150. The number of ether oxygens (including phenoxy) is 1. The Morgan fingerprint density at radius 3 is 2.38 bits per heavy atom. The number of hydrogen-bond acceptors (Lipinski definition) is 2. The molecule has 3 nitrogen and oxygen atoms in total. The van der Waals surface area contributed by atoms with Crippen molar-refractivity contribution in [1.29, 1.82) is 0 Å². The van der Waals surface area contributed by atoms with Gasteiger partial charge in [-0.1, -0.05) is 6.92 Å². The maximum atomic E-state index is 10.6. The molecule has 0 fully saturated rings. The molecule has 4 heteroatoms. The zero-order valence-electron chi connectivity index (χ0n) is 5.13. The minimum absolute atomic E-state index is 0.0243. The molecule has 0 aromatic carbocycles. The third-order valence-electron chi connectivity index (χ3n) is 0.825. The molecule has 8 heavy (non-hydrogen) atoms. The van der Waals surface area contributed by atoms with E-state index in [1.807, 2.05) is 0 Å². The first-order valence-corrected chi connectivity index (χ1v) is 4.45. The van der Waals surface area contributed by atoms with Gasteiger partial charge in [0.25, 0.3) is 0 Å². The molecule has 1 unspecified atom stereocenters. The van der Waals surface area contributed by atoms with Gasteiger partial charge in [-0.25, -0.2) is 0 Å². The molecule has 0 bridgehead atoms. The van der Waals surface area contributed by atoms with Gasteiger partial charge in [-0.15, -0.1) is 0 Å². The predicted octanol–water partition coefficient (Wildman–Crippen LogP) is 0.881. The molecule has 0 aromatic heterocycles. The van der Waals surface area contributed by atoms with Crippen molar-refractivity contribution in [2.45, 2.75) is 6.92 Å². The third-order valence-corrected chi connectivity index (χ3v) is 2.47. The number of hydrogen-bond donors (Lipinski definition) is 1. The molecular weight excluding hydrogens is 127 g/mol. The van der Waals surface area contributed by atoms with Crippen molar-refractivity contribution in [3.8, 4) is 0 Å². The van der Waals surface area contributed by atoms with Gasteiger partial charge in [-0.05, 0) is 0 Å². The summed E-state index contributed by atoms with van der Waals surface area (Å²) >= 11 is 0. The maximum absolute atomic E-state index is 10.6. The topological polar surface area (TPSA) is 46.5 Å². The van der Waals surface area contributed by atoms with E-state index in [1.54, 1.807) is 6.92 Å². The summed E-state index contributed by atoms with van der Waals surface area (Å²) in [4.78, 5) is 8.75. The Morgan fingerprint density at radius 1 is 1.75 bits per heavy atom. The van der Waals surface area contributed by atoms with Gasteiger partial charge in [0, 0.05) is 13.3 Å². The lowest BCUT2D eigenvalue weighted by Gasteiger charge is -2.04. The van der Waals surface area contributed by atoms with Gasteiger partial charge in [0.2, 0.25) is 7.37 Å². The average Bonchev–Trinajstić information content (AvgIpc) is 1.67. The zero-order chi connectivity index (χ0) is 6.62. The van der Waals surface area contributed by atoms with Crippen molar-refractivity contribution in [2.75, 3.05) is 19.6 Å². The predicted molar refractivity (Wildman–Crippen MR) is 32.2 cm³/mol. The van der Waals surface area contributed by atoms with Crippen molar-refractivity contribution in [3.63, 3.8) is 0 Å². The molecule has 0 saturated heterocycles. The van der Waals surface area contributed by atoms with Crippen LogP contribution in [0.15, 0.2) is 0 Å². The largest absolute Gasteiger partial charge is 0.375 e. The normalized spacial score (nSPS) is 17.9. The van der Waals surface area contributed by atoms with Crippen LogP contribution in [0, 0.1) is 0 Å². The Morgan fingerprint density at radius 2 is 2.25 bits per heavy atom. The summed E-state index contributed by atoms with van der Waals surface area (Å²) in [6, 6.07) is 0. The number of methoxy groups -OCH3 is 1. The van der Waals surface area contributed by atoms with Gasteiger partial charge in [-0.2, -0.15) is 0 Å². The number of rotatable bonds is 3. The summed E-state index contributed by atoms with van der Waals surface area (Å²) in [5, 5.41) is 0. The van der Waals surface area contributed by atoms with Crippen LogP contribution in [-0.4, -0.2) is 24.5 Å². The van der Waals surface area contributed by atoms with E-state index in [0.717, 1.165) is 0 Å². The summed E-state index contributed by atoms with van der Waals surface area (Å²) < 4.78 is 15.1. The first kappa shape index (κ1) is 8.15. The van der Waals surface area contributed by atoms with Gasteiger partial charge in [-0.3, -0.25) is 4.57 Å². The highest BCUT2D eigenvalue weighted by Crippen LogP contribution is 2.38. The van der Waals surface area contributed by atoms with Gasteiger partial charge in [0.15, 0.2) is 0 Å². The van der Waals surface area contributed by atoms with Gasteiger partial charge >= 0.3 is 0 Å². The van der Waals surface area contributed by atoms with Crippen LogP contribution in [0.4, 0.5) is 0 Å². The molecule has 0 rings (SSSR count). The van der Waals surface area contributed by atoms with Crippen LogP contribution in [0.2, 0.25) is 0 Å². The zero-order valence-corrected chi connectivity index (χ0v) is 6.02. The average molecular weight is 138 g/mol. The van der Waals surface area contributed by atoms with E-state index in [1.165, 1.54) is 7.11 Å². The Bertz CT molecular complexity index is 101. The summed E-state index contributed by atoms with van der Waals surface area (Å²) in [6.07, 6.45) is 0.268. The summed E-state index contributed by atoms with van der Waals surface area (Å²) in [5.41, 5.74) is 0. The molecule has 0 spiro atoms. The van der Waals surface area contributed by atoms with Crippen LogP contribution in [0.3, 0.4) is 0 Å². The van der Waals surface area contributed by atoms with Crippen LogP contribution in [0.5, 0.6) is 0 Å². The molecule has 0 aromatic rings. The molecule has 0 aliphatic heterocycles. The molecule has 0 aliphatic rings. The van der Waals surface area contributed by atoms with E-state index in [9.17, 15) is 4.57 Å². The van der Waals surface area contributed by atoms with Crippen molar-refractivity contribution < 1.29 is 14.2 Å². The van der Waals surface area contributed by atoms with Gasteiger partial charge in [0.05, 0.1) is 0 Å². The summed E-state index contributed by atoms with van der Waals surface area (Å²) in [7, 11) is -1.48. The van der Waals surface area contributed by atoms with E-state index < -0.39 is 7.37 Å². The fourth-order valence-corrected chi connectivity index (χ4v) is 0.879. The van der Waals surface area contributed by atoms with Crippen molar-refractivity contribution >= 4 is 7.37 Å². The molecule has 50 valence electrons. The highest BCUT2D eigenvalue weighted by atomic mass is 31.2. The van der Waals surface area contributed by atoms with E-state index in [0.29, 0.717) is 6.16 Å². The van der Waals surface area contributed by atoms with Gasteiger partial charge in [0.1, 0.15) is 6.35 Å². The molecule has 0 saturated carbocycles. The first-order chi connectivity index (χ1) is 3.62. The molecule has 1 N–H and O–H groups in total. The smallest absolute Gasteiger partial charge is 0.225 e. The van der Waals surface area contributed by atoms with E-state index >= 15 is 0 Å². The second-order valence-corrected chi connectivity index (χ2v) is 4.16. The Balaban J connectivity index is 3.55. The second-order valence-electron chi connectivity index (χ2n) is 1.58. The fraction of sp³-hybridized carbons (Fsp3) is 1.00. The Labute approximate surface area is 49.1 Å². The van der Waals surface area contributed by atoms with Crippen LogP contribution >= 0.6 is 7.37 Å². The van der Waals surface area contributed by atoms with E-state index in [-0.39, 0.29) is 6.35 Å². The van der Waals surface area contributed by atoms with Crippen LogP contribution in [0.1, 0.15) is 6.92 Å². The second kappa shape index (κ2) is 3.23. The van der Waals surface area contributed by atoms with Gasteiger partial charge < -0.3 is 9.63 Å². The van der Waals surface area contributed by atoms with Crippen molar-refractivity contribution in [2.24, 2.45) is 0 Å². The highest BCUT2D eigenvalue weighted by molar-refractivity contribution is 7.57. The molecular formula is C4H11O3P. The van der Waals surface area contributed by atoms with E-state index in [4.69, 9.17) is 4.89 Å². The molecule has 0 radical (unpaired) electrons. The molecule has 1 atom stereocenters. The first-order valence-electron chi connectivity index (χ1n) is 2.42. The summed E-state index contributed by atoms with van der Waals surface area (Å²) in [5.74, 6) is 0. The maximum Gasteiger partial charge on any atom is 0.225 e. The monoisotopic (exact) mass is 138 g/mol. The molecule has 0 heterocycles. The van der Waals surface area contributed by atoms with Crippen LogP contribution in [0.25, 0.3) is 0 Å². The molecule has 0 aliphatic carbocycles. The summed E-state index contributed by atoms with van der Waals surface area (Å²) in [6.45, 7) is 1.67. The lowest BCUT2D eigenvalue weighted by Crippen LogP contribution is -1.92. The van der Waals surface area contributed by atoms with Crippen molar-refractivity contribution in [1.82, 2.24) is 0 Å². The van der Waals surface area contributed by atoms with Crippen molar-refractivity contribution in [3.05, 3.63) is 0 Å². The van der Waals surface area contributed by atoms with E-state index in [2.05, 4.69) is 4.74 Å². The molecule has 0 amide bonds. The lowest BCUT2D eigenvalue weighted by atomic mass is 11.0. The standard InChI is InChI=1S/C4H11O3P/c1-3-8(5,6)4-7-2/h3-4H2,1-2H3,(H,5,6). The minimum atomic E-state index is -2.90. The Kier molecular flexibility index (Phi) is 3.29. The third kappa shape index (κ3) is 3.19. The fourth-order valence-electron chi connectivity index (χ4n) is 0.293.